The van der Waals surface area contributed by atoms with E-state index < -0.39 is 11.6 Å². The van der Waals surface area contributed by atoms with E-state index in [0.717, 1.165) is 10.0 Å². The van der Waals surface area contributed by atoms with Crippen LogP contribution in [0.2, 0.25) is 5.02 Å². The van der Waals surface area contributed by atoms with Crippen LogP contribution in [0.15, 0.2) is 22.4 Å². The lowest BCUT2D eigenvalue weighted by Crippen LogP contribution is -2.34. The standard InChI is InChI=1S/C15H16BrClO3/c1-4-8-5-9(16)6-10(17)12(8)13-11(18)7-15(2,3)20-14(13)19/h5-6,18H,4,7H2,1-3H3. The molecule has 1 aromatic rings. The Hall–Kier alpha value is -1.00. The number of halogens is 2. The van der Waals surface area contributed by atoms with Crippen molar-refractivity contribution in [3.8, 4) is 0 Å². The number of cyclic esters (lactones) is 1. The number of aliphatic hydroxyl groups excluding tert-OH is 1. The van der Waals surface area contributed by atoms with Gasteiger partial charge in [-0.2, -0.15) is 0 Å². The Morgan fingerprint density at radius 1 is 1.45 bits per heavy atom. The van der Waals surface area contributed by atoms with Gasteiger partial charge in [0, 0.05) is 16.5 Å². The third-order valence-corrected chi connectivity index (χ3v) is 3.98. The number of hydrogen-bond donors (Lipinski definition) is 1. The molecule has 108 valence electrons. The van der Waals surface area contributed by atoms with Crippen LogP contribution in [0.5, 0.6) is 0 Å². The Kier molecular flexibility index (Phi) is 4.17. The van der Waals surface area contributed by atoms with Crippen molar-refractivity contribution in [2.75, 3.05) is 0 Å². The summed E-state index contributed by atoms with van der Waals surface area (Å²) in [5, 5.41) is 10.7. The normalized spacial score (nSPS) is 18.1. The zero-order chi connectivity index (χ0) is 15.1. The Morgan fingerprint density at radius 3 is 2.65 bits per heavy atom. The molecule has 0 amide bonds. The van der Waals surface area contributed by atoms with Gasteiger partial charge in [0.1, 0.15) is 16.9 Å². The molecule has 2 rings (SSSR count). The van der Waals surface area contributed by atoms with Gasteiger partial charge in [0.05, 0.1) is 5.02 Å². The Labute approximate surface area is 131 Å². The maximum absolute atomic E-state index is 12.2. The van der Waals surface area contributed by atoms with E-state index in [1.807, 2.05) is 13.0 Å². The molecule has 0 bridgehead atoms. The molecule has 3 nitrogen and oxygen atoms in total. The Balaban J connectivity index is 2.65. The summed E-state index contributed by atoms with van der Waals surface area (Å²) >= 11 is 9.65. The van der Waals surface area contributed by atoms with Crippen molar-refractivity contribution in [1.82, 2.24) is 0 Å². The molecule has 0 fully saturated rings. The van der Waals surface area contributed by atoms with Crippen LogP contribution in [0, 0.1) is 0 Å². The molecule has 1 aliphatic rings. The molecule has 0 aliphatic carbocycles. The van der Waals surface area contributed by atoms with Crippen molar-refractivity contribution >= 4 is 39.1 Å². The molecule has 5 heteroatoms. The molecule has 1 N–H and O–H groups in total. The lowest BCUT2D eigenvalue weighted by atomic mass is 9.91. The third-order valence-electron chi connectivity index (χ3n) is 3.22. The SMILES string of the molecule is CCc1cc(Br)cc(Cl)c1C1=C(O)CC(C)(C)OC1=O. The number of ether oxygens (including phenoxy) is 1. The van der Waals surface area contributed by atoms with Gasteiger partial charge in [-0.3, -0.25) is 0 Å². The number of aliphatic hydroxyl groups is 1. The van der Waals surface area contributed by atoms with E-state index >= 15 is 0 Å². The summed E-state index contributed by atoms with van der Waals surface area (Å²) in [7, 11) is 0. The highest BCUT2D eigenvalue weighted by atomic mass is 79.9. The van der Waals surface area contributed by atoms with Gasteiger partial charge in [0.15, 0.2) is 0 Å². The lowest BCUT2D eigenvalue weighted by molar-refractivity contribution is -0.151. The van der Waals surface area contributed by atoms with Gasteiger partial charge < -0.3 is 9.84 Å². The van der Waals surface area contributed by atoms with E-state index in [2.05, 4.69) is 15.9 Å². The molecular formula is C15H16BrClO3. The van der Waals surface area contributed by atoms with Crippen molar-refractivity contribution in [3.63, 3.8) is 0 Å². The average Bonchev–Trinajstić information content (AvgIpc) is 2.28. The second-order valence-corrected chi connectivity index (χ2v) is 6.75. The highest BCUT2D eigenvalue weighted by Gasteiger charge is 2.36. The van der Waals surface area contributed by atoms with Crippen molar-refractivity contribution < 1.29 is 14.6 Å². The molecule has 1 aromatic carbocycles. The minimum absolute atomic E-state index is 0.0326. The average molecular weight is 360 g/mol. The van der Waals surface area contributed by atoms with Crippen molar-refractivity contribution in [2.45, 2.75) is 39.2 Å². The van der Waals surface area contributed by atoms with E-state index in [1.165, 1.54) is 0 Å². The fourth-order valence-electron chi connectivity index (χ4n) is 2.38. The summed E-state index contributed by atoms with van der Waals surface area (Å²) in [5.41, 5.74) is 0.940. The minimum atomic E-state index is -0.696. The van der Waals surface area contributed by atoms with Crippen LogP contribution < -0.4 is 0 Å². The number of aryl methyl sites for hydroxylation is 1. The first-order chi connectivity index (χ1) is 9.25. The number of carbonyl (C=O) groups is 1. The molecule has 20 heavy (non-hydrogen) atoms. The molecule has 1 aliphatic heterocycles. The maximum Gasteiger partial charge on any atom is 0.342 e. The van der Waals surface area contributed by atoms with Crippen LogP contribution in [0.25, 0.3) is 5.57 Å². The predicted molar refractivity (Wildman–Crippen MR) is 82.9 cm³/mol. The lowest BCUT2D eigenvalue weighted by Gasteiger charge is -2.31. The topological polar surface area (TPSA) is 46.5 Å². The van der Waals surface area contributed by atoms with Crippen LogP contribution in [0.3, 0.4) is 0 Å². The number of carbonyl (C=O) groups excluding carboxylic acids is 1. The van der Waals surface area contributed by atoms with Crippen LogP contribution >= 0.6 is 27.5 Å². The second-order valence-electron chi connectivity index (χ2n) is 5.42. The van der Waals surface area contributed by atoms with Gasteiger partial charge in [-0.25, -0.2) is 4.79 Å². The third kappa shape index (κ3) is 2.86. The van der Waals surface area contributed by atoms with Gasteiger partial charge in [0.25, 0.3) is 0 Å². The van der Waals surface area contributed by atoms with E-state index in [1.54, 1.807) is 19.9 Å². The molecular weight excluding hydrogens is 344 g/mol. The number of benzene rings is 1. The summed E-state index contributed by atoms with van der Waals surface area (Å²) in [6, 6.07) is 3.61. The van der Waals surface area contributed by atoms with Crippen LogP contribution in [0.4, 0.5) is 0 Å². The molecule has 0 saturated heterocycles. The molecule has 0 unspecified atom stereocenters. The van der Waals surface area contributed by atoms with E-state index in [-0.39, 0.29) is 17.8 Å². The van der Waals surface area contributed by atoms with Crippen molar-refractivity contribution in [1.29, 1.82) is 0 Å². The van der Waals surface area contributed by atoms with Gasteiger partial charge in [0.2, 0.25) is 0 Å². The quantitative estimate of drug-likeness (QED) is 0.781. The first-order valence-corrected chi connectivity index (χ1v) is 7.56. The zero-order valence-corrected chi connectivity index (χ0v) is 13.9. The first kappa shape index (κ1) is 15.4. The van der Waals surface area contributed by atoms with Crippen molar-refractivity contribution in [2.24, 2.45) is 0 Å². The molecule has 0 radical (unpaired) electrons. The van der Waals surface area contributed by atoms with Crippen LogP contribution in [-0.2, 0) is 16.0 Å². The van der Waals surface area contributed by atoms with Gasteiger partial charge >= 0.3 is 5.97 Å². The fourth-order valence-corrected chi connectivity index (χ4v) is 3.35. The second kappa shape index (κ2) is 5.41. The fraction of sp³-hybridized carbons (Fsp3) is 0.400. The summed E-state index contributed by atoms with van der Waals surface area (Å²) in [5.74, 6) is -0.497. The van der Waals surface area contributed by atoms with E-state index in [9.17, 15) is 9.90 Å². The van der Waals surface area contributed by atoms with E-state index in [0.29, 0.717) is 17.0 Å². The predicted octanol–water partition coefficient (Wildman–Crippen LogP) is 4.66. The highest BCUT2D eigenvalue weighted by Crippen LogP contribution is 2.39. The van der Waals surface area contributed by atoms with E-state index in [4.69, 9.17) is 16.3 Å². The zero-order valence-electron chi connectivity index (χ0n) is 11.6. The number of hydrogen-bond acceptors (Lipinski definition) is 3. The number of rotatable bonds is 2. The Morgan fingerprint density at radius 2 is 2.10 bits per heavy atom. The van der Waals surface area contributed by atoms with Gasteiger partial charge in [-0.1, -0.05) is 34.5 Å². The summed E-state index contributed by atoms with van der Waals surface area (Å²) in [6.45, 7) is 5.50. The molecule has 0 spiro atoms. The largest absolute Gasteiger partial charge is 0.511 e. The van der Waals surface area contributed by atoms with Gasteiger partial charge in [-0.15, -0.1) is 0 Å². The molecule has 1 heterocycles. The Bertz CT molecular complexity index is 605. The highest BCUT2D eigenvalue weighted by molar-refractivity contribution is 9.10. The minimum Gasteiger partial charge on any atom is -0.511 e. The number of esters is 1. The van der Waals surface area contributed by atoms with Gasteiger partial charge in [-0.05, 0) is 38.0 Å². The van der Waals surface area contributed by atoms with Crippen molar-refractivity contribution in [3.05, 3.63) is 38.5 Å². The monoisotopic (exact) mass is 358 g/mol. The molecule has 0 aromatic heterocycles. The summed E-state index contributed by atoms with van der Waals surface area (Å²) < 4.78 is 6.21. The van der Waals surface area contributed by atoms with Crippen LogP contribution in [-0.4, -0.2) is 16.7 Å². The smallest absolute Gasteiger partial charge is 0.342 e. The molecule has 0 saturated carbocycles. The first-order valence-electron chi connectivity index (χ1n) is 6.39. The maximum atomic E-state index is 12.2. The summed E-state index contributed by atoms with van der Waals surface area (Å²) in [6.07, 6.45) is 0.978. The van der Waals surface area contributed by atoms with Crippen LogP contribution in [0.1, 0.15) is 38.3 Å². The molecule has 0 atom stereocenters. The summed E-state index contributed by atoms with van der Waals surface area (Å²) in [4.78, 5) is 12.2.